The number of benzene rings is 1. The topological polar surface area (TPSA) is 135 Å². The van der Waals surface area contributed by atoms with Gasteiger partial charge in [-0.25, -0.2) is 14.2 Å². The number of halogens is 1. The van der Waals surface area contributed by atoms with Gasteiger partial charge < -0.3 is 20.7 Å². The molecular weight excluding hydrogens is 489 g/mol. The Morgan fingerprint density at radius 3 is 2.74 bits per heavy atom. The second-order valence-corrected chi connectivity index (χ2v) is 9.60. The molecule has 4 rings (SSSR count). The third-order valence-electron chi connectivity index (χ3n) is 5.54. The summed E-state index contributed by atoms with van der Waals surface area (Å²) in [6.07, 6.45) is 4.52. The number of alkyl carbamates (subject to hydrolysis) is 1. The number of nitriles is 1. The van der Waals surface area contributed by atoms with Gasteiger partial charge in [-0.1, -0.05) is 6.07 Å². The van der Waals surface area contributed by atoms with Crippen LogP contribution in [0.1, 0.15) is 33.3 Å². The number of nitrogens with one attached hydrogen (secondary N) is 3. The van der Waals surface area contributed by atoms with Crippen molar-refractivity contribution in [3.63, 3.8) is 0 Å². The van der Waals surface area contributed by atoms with Gasteiger partial charge in [-0.15, -0.1) is 0 Å². The van der Waals surface area contributed by atoms with Crippen LogP contribution < -0.4 is 16.0 Å². The van der Waals surface area contributed by atoms with Gasteiger partial charge in [-0.3, -0.25) is 9.36 Å². The number of rotatable bonds is 9. The molecule has 198 valence electrons. The van der Waals surface area contributed by atoms with Crippen molar-refractivity contribution in [2.75, 3.05) is 17.2 Å². The zero-order valence-corrected chi connectivity index (χ0v) is 21.7. The smallest absolute Gasteiger partial charge is 0.407 e. The van der Waals surface area contributed by atoms with E-state index in [0.717, 1.165) is 17.0 Å². The highest BCUT2D eigenvalue weighted by molar-refractivity contribution is 5.93. The molecule has 1 amide bonds. The molecular formula is C26H30FN9O2. The fourth-order valence-corrected chi connectivity index (χ4v) is 3.87. The first-order chi connectivity index (χ1) is 18.2. The SMILES string of the molecule is CCn1ncc2c(Nc3nc(N[C@@H](CNC(=O)OC(C)(C)C)Cn4cccn4)c(F)cc3C#N)cccc21. The Bertz CT molecular complexity index is 1450. The standard InChI is InChI=1S/C26H30FN9O2/c1-5-36-22-9-6-8-21(19(22)15-31-36)33-23-17(13-28)12-20(27)24(34-23)32-18(16-35-11-7-10-30-35)14-29-25(37)38-26(2,3)4/h6-12,15,18H,5,14,16H2,1-4H3,(H,29,37)(H2,32,33,34)/t18-/m0/s1. The average molecular weight is 520 g/mol. The molecule has 3 N–H and O–H groups in total. The molecule has 38 heavy (non-hydrogen) atoms. The first-order valence-electron chi connectivity index (χ1n) is 12.2. The number of aromatic nitrogens is 5. The van der Waals surface area contributed by atoms with Crippen LogP contribution in [0.3, 0.4) is 0 Å². The zero-order valence-electron chi connectivity index (χ0n) is 21.7. The Hall–Kier alpha value is -4.66. The summed E-state index contributed by atoms with van der Waals surface area (Å²) in [6.45, 7) is 8.42. The Morgan fingerprint density at radius 2 is 2.05 bits per heavy atom. The van der Waals surface area contributed by atoms with Crippen molar-refractivity contribution in [2.24, 2.45) is 0 Å². The number of amides is 1. The van der Waals surface area contributed by atoms with Crippen molar-refractivity contribution in [3.8, 4) is 6.07 Å². The number of anilines is 3. The van der Waals surface area contributed by atoms with E-state index in [2.05, 4.69) is 31.1 Å². The lowest BCUT2D eigenvalue weighted by Crippen LogP contribution is -2.41. The second kappa shape index (κ2) is 11.2. The molecule has 11 nitrogen and oxygen atoms in total. The first-order valence-corrected chi connectivity index (χ1v) is 12.2. The Morgan fingerprint density at radius 1 is 1.24 bits per heavy atom. The third kappa shape index (κ3) is 6.36. The second-order valence-electron chi connectivity index (χ2n) is 9.60. The molecule has 3 heterocycles. The maximum absolute atomic E-state index is 15.1. The van der Waals surface area contributed by atoms with Crippen molar-refractivity contribution in [3.05, 3.63) is 60.3 Å². The highest BCUT2D eigenvalue weighted by Crippen LogP contribution is 2.29. The predicted octanol–water partition coefficient (Wildman–Crippen LogP) is 4.41. The van der Waals surface area contributed by atoms with Crippen LogP contribution in [-0.2, 0) is 17.8 Å². The number of nitrogens with zero attached hydrogens (tertiary/aromatic N) is 6. The van der Waals surface area contributed by atoms with E-state index in [1.165, 1.54) is 0 Å². The molecule has 0 bridgehead atoms. The lowest BCUT2D eigenvalue weighted by molar-refractivity contribution is 0.0524. The van der Waals surface area contributed by atoms with Crippen molar-refractivity contribution < 1.29 is 13.9 Å². The van der Waals surface area contributed by atoms with Gasteiger partial charge in [0.15, 0.2) is 17.5 Å². The van der Waals surface area contributed by atoms with Crippen LogP contribution >= 0.6 is 0 Å². The number of fused-ring (bicyclic) bond motifs is 1. The summed E-state index contributed by atoms with van der Waals surface area (Å²) < 4.78 is 23.9. The van der Waals surface area contributed by atoms with E-state index in [4.69, 9.17) is 4.74 Å². The zero-order chi connectivity index (χ0) is 27.3. The summed E-state index contributed by atoms with van der Waals surface area (Å²) in [7, 11) is 0. The van der Waals surface area contributed by atoms with Crippen molar-refractivity contribution in [1.29, 1.82) is 5.26 Å². The van der Waals surface area contributed by atoms with Gasteiger partial charge >= 0.3 is 6.09 Å². The molecule has 0 fully saturated rings. The minimum atomic E-state index is -0.702. The Labute approximate surface area is 219 Å². The van der Waals surface area contributed by atoms with Crippen molar-refractivity contribution in [1.82, 2.24) is 29.9 Å². The van der Waals surface area contributed by atoms with E-state index >= 15 is 4.39 Å². The van der Waals surface area contributed by atoms with Gasteiger partial charge in [0.2, 0.25) is 0 Å². The van der Waals surface area contributed by atoms with Crippen molar-refractivity contribution in [2.45, 2.75) is 52.4 Å². The van der Waals surface area contributed by atoms with E-state index in [0.29, 0.717) is 18.8 Å². The molecule has 0 aliphatic rings. The lowest BCUT2D eigenvalue weighted by atomic mass is 10.2. The van der Waals surface area contributed by atoms with Crippen LogP contribution in [0.15, 0.2) is 48.9 Å². The maximum atomic E-state index is 15.1. The number of hydrogen-bond acceptors (Lipinski definition) is 8. The molecule has 0 aliphatic heterocycles. The van der Waals surface area contributed by atoms with E-state index in [-0.39, 0.29) is 23.7 Å². The molecule has 12 heteroatoms. The third-order valence-corrected chi connectivity index (χ3v) is 5.54. The van der Waals surface area contributed by atoms with Gasteiger partial charge in [-0.2, -0.15) is 15.5 Å². The number of hydrogen-bond donors (Lipinski definition) is 3. The van der Waals surface area contributed by atoms with Crippen molar-refractivity contribution >= 4 is 34.3 Å². The first kappa shape index (κ1) is 26.4. The summed E-state index contributed by atoms with van der Waals surface area (Å²) >= 11 is 0. The fraction of sp³-hybridized carbons (Fsp3) is 0.346. The van der Waals surface area contributed by atoms with E-state index in [1.807, 2.05) is 35.9 Å². The van der Waals surface area contributed by atoms with Gasteiger partial charge in [0.05, 0.1) is 35.6 Å². The predicted molar refractivity (Wildman–Crippen MR) is 141 cm³/mol. The molecule has 3 aromatic heterocycles. The molecule has 0 spiro atoms. The molecule has 0 radical (unpaired) electrons. The highest BCUT2D eigenvalue weighted by atomic mass is 19.1. The highest BCUT2D eigenvalue weighted by Gasteiger charge is 2.21. The van der Waals surface area contributed by atoms with E-state index < -0.39 is 23.6 Å². The summed E-state index contributed by atoms with van der Waals surface area (Å²) in [5.41, 5.74) is 0.989. The van der Waals surface area contributed by atoms with Crippen LogP contribution in [0.2, 0.25) is 0 Å². The molecule has 0 saturated carbocycles. The minimum absolute atomic E-state index is 0.0449. The van der Waals surface area contributed by atoms with Crippen LogP contribution in [0.5, 0.6) is 0 Å². The molecule has 1 aromatic carbocycles. The Kier molecular flexibility index (Phi) is 7.76. The molecule has 0 saturated heterocycles. The molecule has 4 aromatic rings. The number of aryl methyl sites for hydroxylation is 1. The van der Waals surface area contributed by atoms with Crippen LogP contribution in [-0.4, -0.2) is 48.8 Å². The Balaban J connectivity index is 1.60. The number of carbonyl (C=O) groups excluding carboxylic acids is 1. The number of ether oxygens (including phenoxy) is 1. The van der Waals surface area contributed by atoms with E-state index in [1.54, 1.807) is 50.1 Å². The normalized spacial score (nSPS) is 12.1. The summed E-state index contributed by atoms with van der Waals surface area (Å²) in [5.74, 6) is -0.594. The van der Waals surface area contributed by atoms with Crippen LogP contribution in [0.4, 0.5) is 26.5 Å². The summed E-state index contributed by atoms with van der Waals surface area (Å²) in [6, 6.07) is 10.0. The van der Waals surface area contributed by atoms with Gasteiger partial charge in [-0.05, 0) is 52.0 Å². The average Bonchev–Trinajstić information content (AvgIpc) is 3.53. The van der Waals surface area contributed by atoms with Gasteiger partial charge in [0, 0.05) is 30.9 Å². The molecule has 1 atom stereocenters. The lowest BCUT2D eigenvalue weighted by Gasteiger charge is -2.23. The minimum Gasteiger partial charge on any atom is -0.444 e. The summed E-state index contributed by atoms with van der Waals surface area (Å²) in [5, 5.41) is 28.0. The van der Waals surface area contributed by atoms with Crippen LogP contribution in [0, 0.1) is 17.1 Å². The van der Waals surface area contributed by atoms with Gasteiger partial charge in [0.25, 0.3) is 0 Å². The number of carbonyl (C=O) groups is 1. The summed E-state index contributed by atoms with van der Waals surface area (Å²) in [4.78, 5) is 16.6. The maximum Gasteiger partial charge on any atom is 0.407 e. The molecule has 0 unspecified atom stereocenters. The van der Waals surface area contributed by atoms with Gasteiger partial charge in [0.1, 0.15) is 11.7 Å². The monoisotopic (exact) mass is 519 g/mol. The molecule has 0 aliphatic carbocycles. The van der Waals surface area contributed by atoms with E-state index in [9.17, 15) is 10.1 Å². The fourth-order valence-electron chi connectivity index (χ4n) is 3.87. The quantitative estimate of drug-likeness (QED) is 0.296. The largest absolute Gasteiger partial charge is 0.444 e. The number of pyridine rings is 1. The van der Waals surface area contributed by atoms with Crippen LogP contribution in [0.25, 0.3) is 10.9 Å².